The van der Waals surface area contributed by atoms with E-state index in [1.165, 1.54) is 30.6 Å². The highest BCUT2D eigenvalue weighted by Gasteiger charge is 2.19. The van der Waals surface area contributed by atoms with Crippen LogP contribution in [0.2, 0.25) is 0 Å². The predicted molar refractivity (Wildman–Crippen MR) is 138 cm³/mol. The topological polar surface area (TPSA) is 116 Å². The van der Waals surface area contributed by atoms with Crippen LogP contribution in [-0.4, -0.2) is 37.3 Å². The van der Waals surface area contributed by atoms with Crippen molar-refractivity contribution in [1.82, 2.24) is 29.8 Å². The number of amides is 1. The van der Waals surface area contributed by atoms with Gasteiger partial charge in [-0.05, 0) is 72.9 Å². The molecular formula is C27H23N7O3. The fourth-order valence-corrected chi connectivity index (χ4v) is 4.63. The van der Waals surface area contributed by atoms with Gasteiger partial charge in [0.1, 0.15) is 5.56 Å². The number of hydroxylamine groups is 1. The lowest BCUT2D eigenvalue weighted by molar-refractivity contribution is 0.0536. The van der Waals surface area contributed by atoms with Gasteiger partial charge in [0.15, 0.2) is 5.65 Å². The van der Waals surface area contributed by atoms with E-state index in [4.69, 9.17) is 4.84 Å². The average molecular weight is 494 g/mol. The molecular weight excluding hydrogens is 470 g/mol. The van der Waals surface area contributed by atoms with Crippen molar-refractivity contribution in [2.75, 3.05) is 12.4 Å². The number of benzene rings is 2. The predicted octanol–water partition coefficient (Wildman–Crippen LogP) is 3.49. The molecule has 0 atom stereocenters. The fraction of sp³-hybridized carbons (Fsp3) is 0.148. The summed E-state index contributed by atoms with van der Waals surface area (Å²) in [5, 5.41) is 7.66. The number of pyridine rings is 1. The summed E-state index contributed by atoms with van der Waals surface area (Å²) in [5.74, 6) is -0.313. The monoisotopic (exact) mass is 493 g/mol. The van der Waals surface area contributed by atoms with Gasteiger partial charge in [-0.3, -0.25) is 14.4 Å². The van der Waals surface area contributed by atoms with Crippen molar-refractivity contribution in [3.63, 3.8) is 0 Å². The summed E-state index contributed by atoms with van der Waals surface area (Å²) >= 11 is 0. The molecule has 0 fully saturated rings. The van der Waals surface area contributed by atoms with E-state index in [2.05, 4.69) is 38.0 Å². The molecule has 1 amide bonds. The summed E-state index contributed by atoms with van der Waals surface area (Å²) < 4.78 is 3.52. The van der Waals surface area contributed by atoms with Crippen molar-refractivity contribution in [3.8, 4) is 11.4 Å². The smallest absolute Gasteiger partial charge is 0.280 e. The first kappa shape index (κ1) is 22.6. The standard InChI is InChI=1S/C27H23N7O3/c1-37-32-26(36)23-16-33(21-9-6-17-4-2-5-18(17)14-21)25-22(24(23)35)15-28-27(31-25)30-19-7-10-20(11-8-19)34-13-3-12-29-34/h3,6-16H,2,4-5H2,1H3,(H,32,36)(H,28,30,31). The number of fused-ring (bicyclic) bond motifs is 2. The van der Waals surface area contributed by atoms with E-state index in [-0.39, 0.29) is 10.9 Å². The van der Waals surface area contributed by atoms with Crippen molar-refractivity contribution < 1.29 is 9.63 Å². The van der Waals surface area contributed by atoms with E-state index in [0.717, 1.165) is 36.3 Å². The number of anilines is 2. The van der Waals surface area contributed by atoms with Crippen molar-refractivity contribution >= 4 is 28.6 Å². The number of rotatable bonds is 6. The van der Waals surface area contributed by atoms with Crippen LogP contribution in [0.25, 0.3) is 22.4 Å². The number of hydrogen-bond donors (Lipinski definition) is 2. The Bertz CT molecular complexity index is 1680. The molecule has 3 aromatic heterocycles. The van der Waals surface area contributed by atoms with E-state index in [1.54, 1.807) is 15.4 Å². The molecule has 184 valence electrons. The number of nitrogens with one attached hydrogen (secondary N) is 2. The SMILES string of the molecule is CONC(=O)c1cn(-c2ccc3c(c2)CCC3)c2nc(Nc3ccc(-n4cccn4)cc3)ncc2c1=O. The third-order valence-corrected chi connectivity index (χ3v) is 6.44. The maximum Gasteiger partial charge on any atom is 0.280 e. The Balaban J connectivity index is 1.43. The molecule has 10 nitrogen and oxygen atoms in total. The highest BCUT2D eigenvalue weighted by Crippen LogP contribution is 2.26. The Morgan fingerprint density at radius 2 is 1.86 bits per heavy atom. The maximum absolute atomic E-state index is 13.2. The van der Waals surface area contributed by atoms with Gasteiger partial charge in [-0.25, -0.2) is 15.1 Å². The largest absolute Gasteiger partial charge is 0.324 e. The normalized spacial score (nSPS) is 12.5. The van der Waals surface area contributed by atoms with E-state index in [0.29, 0.717) is 11.6 Å². The van der Waals surface area contributed by atoms with Crippen LogP contribution in [0.3, 0.4) is 0 Å². The minimum atomic E-state index is -0.635. The van der Waals surface area contributed by atoms with Gasteiger partial charge in [-0.15, -0.1) is 0 Å². The highest BCUT2D eigenvalue weighted by atomic mass is 16.6. The van der Waals surface area contributed by atoms with Crippen LogP contribution in [0.1, 0.15) is 27.9 Å². The number of hydrogen-bond acceptors (Lipinski definition) is 7. The zero-order chi connectivity index (χ0) is 25.4. The Hall–Kier alpha value is -4.83. The van der Waals surface area contributed by atoms with Crippen molar-refractivity contribution in [1.29, 1.82) is 0 Å². The van der Waals surface area contributed by atoms with E-state index in [1.807, 2.05) is 42.6 Å². The van der Waals surface area contributed by atoms with Gasteiger partial charge in [0, 0.05) is 36.2 Å². The molecule has 0 spiro atoms. The van der Waals surface area contributed by atoms with Crippen LogP contribution in [0.15, 0.2) is 78.1 Å². The number of nitrogens with zero attached hydrogens (tertiary/aromatic N) is 5. The Morgan fingerprint density at radius 1 is 1.05 bits per heavy atom. The van der Waals surface area contributed by atoms with E-state index in [9.17, 15) is 9.59 Å². The summed E-state index contributed by atoms with van der Waals surface area (Å²) in [5.41, 5.74) is 7.18. The number of carbonyl (C=O) groups excluding carboxylic acids is 1. The number of carbonyl (C=O) groups is 1. The zero-order valence-electron chi connectivity index (χ0n) is 20.0. The van der Waals surface area contributed by atoms with Crippen LogP contribution >= 0.6 is 0 Å². The van der Waals surface area contributed by atoms with Crippen LogP contribution in [0.5, 0.6) is 0 Å². The summed E-state index contributed by atoms with van der Waals surface area (Å²) in [4.78, 5) is 39.6. The van der Waals surface area contributed by atoms with Gasteiger partial charge in [0.2, 0.25) is 11.4 Å². The molecule has 1 aliphatic rings. The van der Waals surface area contributed by atoms with Crippen LogP contribution in [-0.2, 0) is 17.7 Å². The minimum absolute atomic E-state index is 0.0617. The maximum atomic E-state index is 13.2. The first-order chi connectivity index (χ1) is 18.1. The van der Waals surface area contributed by atoms with E-state index < -0.39 is 11.3 Å². The first-order valence-corrected chi connectivity index (χ1v) is 11.9. The molecule has 2 N–H and O–H groups in total. The Morgan fingerprint density at radius 3 is 2.65 bits per heavy atom. The fourth-order valence-electron chi connectivity index (χ4n) is 4.63. The molecule has 1 aliphatic carbocycles. The van der Waals surface area contributed by atoms with Gasteiger partial charge >= 0.3 is 0 Å². The molecule has 5 aromatic rings. The average Bonchev–Trinajstić information content (AvgIpc) is 3.62. The summed E-state index contributed by atoms with van der Waals surface area (Å²) in [6.45, 7) is 0. The Kier molecular flexibility index (Phi) is 5.70. The molecule has 37 heavy (non-hydrogen) atoms. The lowest BCUT2D eigenvalue weighted by Crippen LogP contribution is -2.29. The third kappa shape index (κ3) is 4.23. The van der Waals surface area contributed by atoms with Crippen LogP contribution in [0, 0.1) is 0 Å². The second-order valence-electron chi connectivity index (χ2n) is 8.74. The quantitative estimate of drug-likeness (QED) is 0.348. The van der Waals surface area contributed by atoms with Crippen LogP contribution < -0.4 is 16.2 Å². The Labute approximate surface area is 211 Å². The molecule has 2 aromatic carbocycles. The molecule has 3 heterocycles. The van der Waals surface area contributed by atoms with Gasteiger partial charge in [-0.1, -0.05) is 6.07 Å². The second-order valence-corrected chi connectivity index (χ2v) is 8.74. The van der Waals surface area contributed by atoms with Crippen molar-refractivity contribution in [2.45, 2.75) is 19.3 Å². The highest BCUT2D eigenvalue weighted by molar-refractivity contribution is 5.96. The van der Waals surface area contributed by atoms with E-state index >= 15 is 0 Å². The number of aryl methyl sites for hydroxylation is 2. The summed E-state index contributed by atoms with van der Waals surface area (Å²) in [7, 11) is 1.32. The number of aromatic nitrogens is 5. The van der Waals surface area contributed by atoms with Gasteiger partial charge in [-0.2, -0.15) is 10.1 Å². The molecule has 0 unspecified atom stereocenters. The summed E-state index contributed by atoms with van der Waals surface area (Å²) in [6.07, 6.45) is 9.70. The molecule has 0 radical (unpaired) electrons. The lowest BCUT2D eigenvalue weighted by atomic mass is 10.1. The second kappa shape index (κ2) is 9.32. The lowest BCUT2D eigenvalue weighted by Gasteiger charge is -2.15. The van der Waals surface area contributed by atoms with Gasteiger partial charge in [0.05, 0.1) is 18.2 Å². The minimum Gasteiger partial charge on any atom is -0.324 e. The van der Waals surface area contributed by atoms with Gasteiger partial charge < -0.3 is 9.88 Å². The molecule has 6 rings (SSSR count). The first-order valence-electron chi connectivity index (χ1n) is 11.9. The summed E-state index contributed by atoms with van der Waals surface area (Å²) in [6, 6.07) is 15.7. The van der Waals surface area contributed by atoms with Gasteiger partial charge in [0.25, 0.3) is 5.91 Å². The molecule has 0 bridgehead atoms. The van der Waals surface area contributed by atoms with Crippen LogP contribution in [0.4, 0.5) is 11.6 Å². The zero-order valence-corrected chi connectivity index (χ0v) is 20.0. The molecule has 0 saturated carbocycles. The molecule has 0 saturated heterocycles. The van der Waals surface area contributed by atoms with Crippen molar-refractivity contribution in [3.05, 3.63) is 100 Å². The van der Waals surface area contributed by atoms with Crippen molar-refractivity contribution in [2.24, 2.45) is 0 Å². The molecule has 0 aliphatic heterocycles. The molecule has 10 heteroatoms. The third-order valence-electron chi connectivity index (χ3n) is 6.44.